The highest BCUT2D eigenvalue weighted by atomic mass is 16.6. The first-order valence-corrected chi connectivity index (χ1v) is 4.82. The zero-order valence-electron chi connectivity index (χ0n) is 7.07. The van der Waals surface area contributed by atoms with E-state index in [2.05, 4.69) is 0 Å². The van der Waals surface area contributed by atoms with Crippen LogP contribution in [0.25, 0.3) is 0 Å². The highest BCUT2D eigenvalue weighted by Gasteiger charge is 2.54. The van der Waals surface area contributed by atoms with Crippen molar-refractivity contribution < 1.29 is 9.84 Å². The van der Waals surface area contributed by atoms with Crippen LogP contribution in [0.15, 0.2) is 0 Å². The van der Waals surface area contributed by atoms with E-state index in [0.29, 0.717) is 24.0 Å². The molecule has 3 nitrogen and oxygen atoms in total. The fourth-order valence-electron chi connectivity index (χ4n) is 3.31. The first-order valence-electron chi connectivity index (χ1n) is 4.82. The quantitative estimate of drug-likeness (QED) is 0.545. The molecule has 0 aromatic heterocycles. The largest absolute Gasteiger partial charge is 0.365 e. The molecule has 2 unspecified atom stereocenters. The SMILES string of the molecule is NC1C2CC3CC1CC(O)(C2)O3. The van der Waals surface area contributed by atoms with Gasteiger partial charge in [-0.05, 0) is 24.7 Å². The molecule has 0 radical (unpaired) electrons. The van der Waals surface area contributed by atoms with Gasteiger partial charge in [-0.15, -0.1) is 0 Å². The van der Waals surface area contributed by atoms with Crippen LogP contribution in [-0.4, -0.2) is 23.0 Å². The third kappa shape index (κ3) is 0.817. The average molecular weight is 169 g/mol. The van der Waals surface area contributed by atoms with E-state index >= 15 is 0 Å². The molecule has 68 valence electrons. The molecular weight excluding hydrogens is 154 g/mol. The summed E-state index contributed by atoms with van der Waals surface area (Å²) in [7, 11) is 0. The number of aliphatic hydroxyl groups is 1. The van der Waals surface area contributed by atoms with Gasteiger partial charge >= 0.3 is 0 Å². The average Bonchev–Trinajstić information content (AvgIpc) is 1.96. The van der Waals surface area contributed by atoms with Gasteiger partial charge in [0, 0.05) is 18.9 Å². The number of rotatable bonds is 0. The molecule has 2 saturated carbocycles. The lowest BCUT2D eigenvalue weighted by molar-refractivity contribution is -0.320. The van der Waals surface area contributed by atoms with Crippen molar-refractivity contribution in [3.8, 4) is 0 Å². The Morgan fingerprint density at radius 3 is 2.33 bits per heavy atom. The molecule has 4 aliphatic rings. The van der Waals surface area contributed by atoms with Gasteiger partial charge in [-0.2, -0.15) is 0 Å². The molecule has 3 N–H and O–H groups in total. The molecule has 2 aliphatic carbocycles. The van der Waals surface area contributed by atoms with Crippen molar-refractivity contribution in [3.05, 3.63) is 0 Å². The maximum absolute atomic E-state index is 9.94. The summed E-state index contributed by atoms with van der Waals surface area (Å²) in [6.45, 7) is 0. The summed E-state index contributed by atoms with van der Waals surface area (Å²) in [5, 5.41) is 9.94. The fourth-order valence-corrected chi connectivity index (χ4v) is 3.31. The molecule has 4 fully saturated rings. The van der Waals surface area contributed by atoms with Crippen molar-refractivity contribution >= 4 is 0 Å². The second kappa shape index (κ2) is 2.03. The minimum absolute atomic E-state index is 0.298. The zero-order chi connectivity index (χ0) is 8.34. The summed E-state index contributed by atoms with van der Waals surface area (Å²) >= 11 is 0. The van der Waals surface area contributed by atoms with Gasteiger partial charge in [0.15, 0.2) is 5.79 Å². The summed E-state index contributed by atoms with van der Waals surface area (Å²) in [6, 6.07) is 0.324. The van der Waals surface area contributed by atoms with E-state index in [0.717, 1.165) is 25.7 Å². The van der Waals surface area contributed by atoms with E-state index in [1.165, 1.54) is 0 Å². The highest BCUT2D eigenvalue weighted by molar-refractivity contribution is 5.02. The predicted octanol–water partition coefficient (Wildman–Crippen LogP) is 0.221. The van der Waals surface area contributed by atoms with Crippen LogP contribution in [0.3, 0.4) is 0 Å². The molecule has 12 heavy (non-hydrogen) atoms. The van der Waals surface area contributed by atoms with Crippen molar-refractivity contribution in [2.45, 2.75) is 43.6 Å². The normalized spacial score (nSPS) is 62.5. The molecule has 0 aromatic carbocycles. The molecule has 2 heterocycles. The smallest absolute Gasteiger partial charge is 0.166 e. The lowest BCUT2D eigenvalue weighted by Gasteiger charge is -2.56. The van der Waals surface area contributed by atoms with Crippen LogP contribution in [0.1, 0.15) is 25.7 Å². The van der Waals surface area contributed by atoms with E-state index in [-0.39, 0.29) is 0 Å². The van der Waals surface area contributed by atoms with Crippen LogP contribution in [0.5, 0.6) is 0 Å². The monoisotopic (exact) mass is 169 g/mol. The van der Waals surface area contributed by atoms with Crippen molar-refractivity contribution in [3.63, 3.8) is 0 Å². The van der Waals surface area contributed by atoms with E-state index in [4.69, 9.17) is 10.5 Å². The second-order valence-electron chi connectivity index (χ2n) is 4.66. The van der Waals surface area contributed by atoms with Gasteiger partial charge in [-0.25, -0.2) is 0 Å². The van der Waals surface area contributed by atoms with E-state index in [9.17, 15) is 5.11 Å². The number of hydrogen-bond donors (Lipinski definition) is 2. The molecule has 4 rings (SSSR count). The molecule has 2 atom stereocenters. The Hall–Kier alpha value is -0.120. The molecule has 0 amide bonds. The van der Waals surface area contributed by atoms with Crippen LogP contribution in [0.4, 0.5) is 0 Å². The first-order chi connectivity index (χ1) is 5.66. The third-order valence-corrected chi connectivity index (χ3v) is 3.77. The summed E-state index contributed by atoms with van der Waals surface area (Å²) in [5.74, 6) is 0.231. The third-order valence-electron chi connectivity index (χ3n) is 3.77. The Balaban J connectivity index is 1.95. The van der Waals surface area contributed by atoms with Crippen molar-refractivity contribution in [2.24, 2.45) is 17.6 Å². The lowest BCUT2D eigenvalue weighted by atomic mass is 9.63. The maximum atomic E-state index is 9.94. The van der Waals surface area contributed by atoms with Gasteiger partial charge in [-0.1, -0.05) is 0 Å². The topological polar surface area (TPSA) is 55.5 Å². The summed E-state index contributed by atoms with van der Waals surface area (Å²) in [4.78, 5) is 0. The Morgan fingerprint density at radius 2 is 1.83 bits per heavy atom. The Labute approximate surface area is 71.9 Å². The molecule has 3 heteroatoms. The molecule has 2 aliphatic heterocycles. The van der Waals surface area contributed by atoms with Crippen LogP contribution in [0, 0.1) is 11.8 Å². The van der Waals surface area contributed by atoms with Crippen LogP contribution in [-0.2, 0) is 4.74 Å². The Bertz CT molecular complexity index is 203. The second-order valence-corrected chi connectivity index (χ2v) is 4.66. The van der Waals surface area contributed by atoms with Crippen LogP contribution >= 0.6 is 0 Å². The predicted molar refractivity (Wildman–Crippen MR) is 43.2 cm³/mol. The standard InChI is InChI=1S/C9H15NO2/c10-8-5-1-7-2-6(8)4-9(11,3-5)12-7/h5-8,11H,1-4,10H2. The van der Waals surface area contributed by atoms with Gasteiger partial charge in [0.1, 0.15) is 0 Å². The van der Waals surface area contributed by atoms with E-state index in [1.54, 1.807) is 0 Å². The fraction of sp³-hybridized carbons (Fsp3) is 1.00. The molecular formula is C9H15NO2. The van der Waals surface area contributed by atoms with Crippen molar-refractivity contribution in [1.29, 1.82) is 0 Å². The molecule has 2 saturated heterocycles. The van der Waals surface area contributed by atoms with Gasteiger partial charge in [-0.3, -0.25) is 0 Å². The Morgan fingerprint density at radius 1 is 1.25 bits per heavy atom. The Kier molecular flexibility index (Phi) is 1.23. The summed E-state index contributed by atoms with van der Waals surface area (Å²) in [6.07, 6.45) is 3.97. The zero-order valence-corrected chi connectivity index (χ0v) is 7.07. The minimum Gasteiger partial charge on any atom is -0.365 e. The van der Waals surface area contributed by atoms with Crippen molar-refractivity contribution in [2.75, 3.05) is 0 Å². The van der Waals surface area contributed by atoms with Gasteiger partial charge < -0.3 is 15.6 Å². The van der Waals surface area contributed by atoms with E-state index < -0.39 is 5.79 Å². The molecule has 4 bridgehead atoms. The van der Waals surface area contributed by atoms with Gasteiger partial charge in [0.25, 0.3) is 0 Å². The van der Waals surface area contributed by atoms with Crippen LogP contribution < -0.4 is 5.73 Å². The summed E-state index contributed by atoms with van der Waals surface area (Å²) in [5.41, 5.74) is 6.06. The van der Waals surface area contributed by atoms with Crippen LogP contribution in [0.2, 0.25) is 0 Å². The lowest BCUT2D eigenvalue weighted by Crippen LogP contribution is -2.62. The molecule has 0 aromatic rings. The van der Waals surface area contributed by atoms with Gasteiger partial charge in [0.2, 0.25) is 0 Å². The first kappa shape index (κ1) is 7.30. The number of hydrogen-bond acceptors (Lipinski definition) is 3. The number of nitrogens with two attached hydrogens (primary N) is 1. The number of ether oxygens (including phenoxy) is 1. The van der Waals surface area contributed by atoms with Gasteiger partial charge in [0.05, 0.1) is 6.10 Å². The summed E-state index contributed by atoms with van der Waals surface area (Å²) < 4.78 is 5.56. The molecule has 0 spiro atoms. The highest BCUT2D eigenvalue weighted by Crippen LogP contribution is 2.51. The van der Waals surface area contributed by atoms with E-state index in [1.807, 2.05) is 0 Å². The van der Waals surface area contributed by atoms with Crippen molar-refractivity contribution in [1.82, 2.24) is 0 Å². The maximum Gasteiger partial charge on any atom is 0.166 e. The minimum atomic E-state index is -0.799.